The summed E-state index contributed by atoms with van der Waals surface area (Å²) in [6, 6.07) is 12.2. The number of hydrogen-bond donors (Lipinski definition) is 1. The van der Waals surface area contributed by atoms with Crippen molar-refractivity contribution in [2.24, 2.45) is 0 Å². The SMILES string of the molecule is CCN1CCN(S(=O)(=O)c2cccc(NC(=O)CCc3ncc(-c4ccc(F)cc4)o3)c2)CC1. The number of nitrogens with one attached hydrogen (secondary N) is 1. The average Bonchev–Trinajstić information content (AvgIpc) is 3.32. The van der Waals surface area contributed by atoms with Gasteiger partial charge in [0.25, 0.3) is 0 Å². The lowest BCUT2D eigenvalue weighted by Gasteiger charge is -2.33. The molecule has 1 fully saturated rings. The Balaban J connectivity index is 1.34. The highest BCUT2D eigenvalue weighted by Gasteiger charge is 2.28. The highest BCUT2D eigenvalue weighted by atomic mass is 32.2. The number of hydrogen-bond acceptors (Lipinski definition) is 6. The number of likely N-dealkylation sites (N-methyl/N-ethyl adjacent to an activating group) is 1. The largest absolute Gasteiger partial charge is 0.441 e. The molecule has 2 heterocycles. The van der Waals surface area contributed by atoms with Crippen molar-refractivity contribution in [3.8, 4) is 11.3 Å². The number of rotatable bonds is 8. The Labute approximate surface area is 198 Å². The van der Waals surface area contributed by atoms with Gasteiger partial charge in [0.2, 0.25) is 15.9 Å². The van der Waals surface area contributed by atoms with Crippen LogP contribution >= 0.6 is 0 Å². The fourth-order valence-electron chi connectivity index (χ4n) is 3.79. The smallest absolute Gasteiger partial charge is 0.243 e. The fourth-order valence-corrected chi connectivity index (χ4v) is 5.26. The summed E-state index contributed by atoms with van der Waals surface area (Å²) < 4.78 is 46.3. The van der Waals surface area contributed by atoms with Crippen LogP contribution in [0.15, 0.2) is 64.0 Å². The molecule has 4 rings (SSSR count). The molecular weight excluding hydrogens is 459 g/mol. The number of carbonyl (C=O) groups is 1. The van der Waals surface area contributed by atoms with Gasteiger partial charge in [-0.1, -0.05) is 13.0 Å². The number of aromatic nitrogens is 1. The zero-order valence-electron chi connectivity index (χ0n) is 18.9. The number of oxazole rings is 1. The molecule has 0 radical (unpaired) electrons. The quantitative estimate of drug-likeness (QED) is 0.525. The van der Waals surface area contributed by atoms with Crippen LogP contribution in [0.25, 0.3) is 11.3 Å². The Morgan fingerprint density at radius 3 is 2.56 bits per heavy atom. The molecule has 10 heteroatoms. The minimum absolute atomic E-state index is 0.110. The van der Waals surface area contributed by atoms with E-state index in [-0.39, 0.29) is 29.5 Å². The predicted molar refractivity (Wildman–Crippen MR) is 126 cm³/mol. The predicted octanol–water partition coefficient (Wildman–Crippen LogP) is 3.38. The molecule has 0 bridgehead atoms. The molecule has 1 saturated heterocycles. The van der Waals surface area contributed by atoms with E-state index in [2.05, 4.69) is 22.1 Å². The summed E-state index contributed by atoms with van der Waals surface area (Å²) in [7, 11) is -3.63. The molecule has 0 saturated carbocycles. The van der Waals surface area contributed by atoms with Gasteiger partial charge in [-0.05, 0) is 49.0 Å². The van der Waals surface area contributed by atoms with E-state index in [0.717, 1.165) is 6.54 Å². The van der Waals surface area contributed by atoms with Crippen molar-refractivity contribution >= 4 is 21.6 Å². The Bertz CT molecular complexity index is 1240. The van der Waals surface area contributed by atoms with Crippen LogP contribution in [0.3, 0.4) is 0 Å². The Morgan fingerprint density at radius 1 is 1.12 bits per heavy atom. The van der Waals surface area contributed by atoms with Crippen LogP contribution in [-0.4, -0.2) is 61.2 Å². The summed E-state index contributed by atoms with van der Waals surface area (Å²) in [5.74, 6) is 0.258. The molecule has 3 aromatic rings. The number of halogens is 1. The van der Waals surface area contributed by atoms with Crippen LogP contribution in [0, 0.1) is 5.82 Å². The molecule has 0 spiro atoms. The standard InChI is InChI=1S/C24H27FN4O4S/c1-2-28-12-14-29(15-13-28)34(31,32)21-5-3-4-20(16-21)27-23(30)10-11-24-26-17-22(33-24)18-6-8-19(25)9-7-18/h3-9,16-17H,2,10-15H2,1H3,(H,27,30). The van der Waals surface area contributed by atoms with Crippen LogP contribution in [-0.2, 0) is 21.2 Å². The number of anilines is 1. The highest BCUT2D eigenvalue weighted by molar-refractivity contribution is 7.89. The van der Waals surface area contributed by atoms with Crippen molar-refractivity contribution in [2.75, 3.05) is 38.0 Å². The molecule has 1 aliphatic heterocycles. The summed E-state index contributed by atoms with van der Waals surface area (Å²) in [6.45, 7) is 5.26. The van der Waals surface area contributed by atoms with E-state index < -0.39 is 10.0 Å². The lowest BCUT2D eigenvalue weighted by atomic mass is 10.2. The Hall–Kier alpha value is -3.08. The van der Waals surface area contributed by atoms with Crippen LogP contribution in [0.4, 0.5) is 10.1 Å². The third-order valence-corrected chi connectivity index (χ3v) is 7.68. The summed E-state index contributed by atoms with van der Waals surface area (Å²) >= 11 is 0. The van der Waals surface area contributed by atoms with Gasteiger partial charge >= 0.3 is 0 Å². The van der Waals surface area contributed by atoms with E-state index >= 15 is 0 Å². The average molecular weight is 487 g/mol. The van der Waals surface area contributed by atoms with Crippen LogP contribution in [0.1, 0.15) is 19.2 Å². The van der Waals surface area contributed by atoms with E-state index in [4.69, 9.17) is 4.42 Å². The summed E-state index contributed by atoms with van der Waals surface area (Å²) in [4.78, 5) is 19.0. The van der Waals surface area contributed by atoms with Crippen molar-refractivity contribution in [2.45, 2.75) is 24.7 Å². The first kappa shape index (κ1) is 24.1. The maximum atomic E-state index is 13.1. The summed E-state index contributed by atoms with van der Waals surface area (Å²) in [5, 5.41) is 2.75. The van der Waals surface area contributed by atoms with E-state index in [1.807, 2.05) is 0 Å². The second-order valence-corrected chi connectivity index (χ2v) is 9.98. The van der Waals surface area contributed by atoms with Gasteiger partial charge in [-0.2, -0.15) is 4.31 Å². The van der Waals surface area contributed by atoms with Gasteiger partial charge in [0.15, 0.2) is 11.7 Å². The zero-order valence-corrected chi connectivity index (χ0v) is 19.7. The van der Waals surface area contributed by atoms with Gasteiger partial charge in [0.05, 0.1) is 11.1 Å². The van der Waals surface area contributed by atoms with Crippen molar-refractivity contribution in [3.05, 3.63) is 66.4 Å². The molecule has 34 heavy (non-hydrogen) atoms. The fraction of sp³-hybridized carbons (Fsp3) is 0.333. The lowest BCUT2D eigenvalue weighted by molar-refractivity contribution is -0.116. The van der Waals surface area contributed by atoms with E-state index in [9.17, 15) is 17.6 Å². The molecule has 1 amide bonds. The topological polar surface area (TPSA) is 95.8 Å². The van der Waals surface area contributed by atoms with Crippen LogP contribution in [0.5, 0.6) is 0 Å². The lowest BCUT2D eigenvalue weighted by Crippen LogP contribution is -2.48. The Morgan fingerprint density at radius 2 is 1.85 bits per heavy atom. The molecule has 8 nitrogen and oxygen atoms in total. The maximum Gasteiger partial charge on any atom is 0.243 e. The van der Waals surface area contributed by atoms with Gasteiger partial charge < -0.3 is 14.6 Å². The molecule has 1 N–H and O–H groups in total. The summed E-state index contributed by atoms with van der Waals surface area (Å²) in [5.41, 5.74) is 1.11. The second-order valence-electron chi connectivity index (χ2n) is 8.04. The molecule has 2 aromatic carbocycles. The first-order valence-electron chi connectivity index (χ1n) is 11.2. The van der Waals surface area contributed by atoms with Crippen LogP contribution in [0.2, 0.25) is 0 Å². The monoisotopic (exact) mass is 486 g/mol. The van der Waals surface area contributed by atoms with E-state index in [0.29, 0.717) is 49.1 Å². The first-order valence-corrected chi connectivity index (χ1v) is 12.6. The molecular formula is C24H27FN4O4S. The molecule has 0 aliphatic carbocycles. The third kappa shape index (κ3) is 5.69. The van der Waals surface area contributed by atoms with Gasteiger partial charge in [-0.3, -0.25) is 4.79 Å². The second kappa shape index (κ2) is 10.5. The minimum atomic E-state index is -3.63. The molecule has 1 aromatic heterocycles. The number of sulfonamides is 1. The van der Waals surface area contributed by atoms with Crippen molar-refractivity contribution in [3.63, 3.8) is 0 Å². The maximum absolute atomic E-state index is 13.1. The van der Waals surface area contributed by atoms with E-state index in [1.165, 1.54) is 28.7 Å². The number of nitrogens with zero attached hydrogens (tertiary/aromatic N) is 3. The third-order valence-electron chi connectivity index (χ3n) is 5.78. The minimum Gasteiger partial charge on any atom is -0.441 e. The van der Waals surface area contributed by atoms with Crippen molar-refractivity contribution < 1.29 is 22.0 Å². The Kier molecular flexibility index (Phi) is 7.40. The van der Waals surface area contributed by atoms with Gasteiger partial charge in [-0.25, -0.2) is 17.8 Å². The number of aryl methyl sites for hydroxylation is 1. The first-order chi connectivity index (χ1) is 16.3. The molecule has 180 valence electrons. The van der Waals surface area contributed by atoms with Gasteiger partial charge in [0, 0.05) is 50.3 Å². The number of piperazine rings is 1. The van der Waals surface area contributed by atoms with E-state index in [1.54, 1.807) is 30.3 Å². The van der Waals surface area contributed by atoms with Crippen molar-refractivity contribution in [1.29, 1.82) is 0 Å². The number of benzene rings is 2. The number of amides is 1. The number of carbonyl (C=O) groups excluding carboxylic acids is 1. The van der Waals surface area contributed by atoms with Crippen molar-refractivity contribution in [1.82, 2.24) is 14.2 Å². The van der Waals surface area contributed by atoms with Crippen LogP contribution < -0.4 is 5.32 Å². The van der Waals surface area contributed by atoms with Gasteiger partial charge in [-0.15, -0.1) is 0 Å². The summed E-state index contributed by atoms with van der Waals surface area (Å²) in [6.07, 6.45) is 1.92. The zero-order chi connectivity index (χ0) is 24.1. The highest BCUT2D eigenvalue weighted by Crippen LogP contribution is 2.23. The van der Waals surface area contributed by atoms with Gasteiger partial charge in [0.1, 0.15) is 5.82 Å². The molecule has 0 atom stereocenters. The molecule has 1 aliphatic rings. The molecule has 0 unspecified atom stereocenters. The normalized spacial score (nSPS) is 15.4.